The van der Waals surface area contributed by atoms with Crippen molar-refractivity contribution in [2.75, 3.05) is 6.54 Å². The maximum atomic E-state index is 12.4. The Hall–Kier alpha value is -1.55. The number of carbonyl (C=O) groups is 2. The molecule has 1 amide bonds. The van der Waals surface area contributed by atoms with Crippen molar-refractivity contribution in [3.63, 3.8) is 0 Å². The number of aliphatic carboxylic acids is 1. The highest BCUT2D eigenvalue weighted by atomic mass is 35.5. The van der Waals surface area contributed by atoms with Crippen molar-refractivity contribution >= 4 is 23.5 Å². The van der Waals surface area contributed by atoms with Crippen molar-refractivity contribution in [1.29, 1.82) is 0 Å². The third kappa shape index (κ3) is 3.07. The lowest BCUT2D eigenvalue weighted by atomic mass is 10.0. The van der Waals surface area contributed by atoms with Gasteiger partial charge in [0, 0.05) is 17.1 Å². The van der Waals surface area contributed by atoms with E-state index in [-0.39, 0.29) is 5.91 Å². The molecule has 0 aliphatic carbocycles. The molecule has 0 spiro atoms. The molecule has 2 rings (SSSR count). The predicted molar refractivity (Wildman–Crippen MR) is 72.5 cm³/mol. The molecular weight excluding hydrogens is 266 g/mol. The molecular formula is C14H16ClNO3. The summed E-state index contributed by atoms with van der Waals surface area (Å²) in [7, 11) is 0. The van der Waals surface area contributed by atoms with Crippen LogP contribution in [-0.2, 0) is 4.79 Å². The van der Waals surface area contributed by atoms with E-state index in [1.807, 2.05) is 6.92 Å². The first-order valence-corrected chi connectivity index (χ1v) is 6.68. The number of aryl methyl sites for hydroxylation is 1. The van der Waals surface area contributed by atoms with Gasteiger partial charge in [0.25, 0.3) is 5.91 Å². The minimum Gasteiger partial charge on any atom is -0.480 e. The monoisotopic (exact) mass is 281 g/mol. The highest BCUT2D eigenvalue weighted by Gasteiger charge is 2.32. The standard InChI is InChI=1S/C14H16ClNO3/c1-9-6-10(8-11(15)7-9)13(17)16-5-3-2-4-12(16)14(18)19/h6-8,12H,2-5H2,1H3,(H,18,19). The van der Waals surface area contributed by atoms with E-state index in [1.165, 1.54) is 4.90 Å². The van der Waals surface area contributed by atoms with Crippen LogP contribution in [0.2, 0.25) is 5.02 Å². The lowest BCUT2D eigenvalue weighted by Crippen LogP contribution is -2.48. The quantitative estimate of drug-likeness (QED) is 0.907. The van der Waals surface area contributed by atoms with E-state index in [1.54, 1.807) is 18.2 Å². The van der Waals surface area contributed by atoms with Gasteiger partial charge in [-0.15, -0.1) is 0 Å². The average Bonchev–Trinajstić information content (AvgIpc) is 2.36. The molecule has 5 heteroatoms. The Labute approximate surface area is 117 Å². The minimum absolute atomic E-state index is 0.252. The van der Waals surface area contributed by atoms with Crippen molar-refractivity contribution in [1.82, 2.24) is 4.90 Å². The van der Waals surface area contributed by atoms with Crippen molar-refractivity contribution in [2.45, 2.75) is 32.2 Å². The van der Waals surface area contributed by atoms with Crippen LogP contribution in [-0.4, -0.2) is 34.5 Å². The van der Waals surface area contributed by atoms with Crippen LogP contribution in [0.1, 0.15) is 35.2 Å². The van der Waals surface area contributed by atoms with Crippen molar-refractivity contribution < 1.29 is 14.7 Å². The molecule has 1 aliphatic rings. The molecule has 4 nitrogen and oxygen atoms in total. The van der Waals surface area contributed by atoms with Crippen LogP contribution >= 0.6 is 11.6 Å². The smallest absolute Gasteiger partial charge is 0.326 e. The molecule has 1 heterocycles. The zero-order chi connectivity index (χ0) is 14.0. The summed E-state index contributed by atoms with van der Waals surface area (Å²) in [6, 6.07) is 4.37. The fourth-order valence-corrected chi connectivity index (χ4v) is 2.75. The van der Waals surface area contributed by atoms with Crippen LogP contribution < -0.4 is 0 Å². The maximum absolute atomic E-state index is 12.4. The van der Waals surface area contributed by atoms with Crippen LogP contribution in [0, 0.1) is 6.92 Å². The van der Waals surface area contributed by atoms with Crippen LogP contribution in [0.4, 0.5) is 0 Å². The van der Waals surface area contributed by atoms with Gasteiger partial charge in [0.05, 0.1) is 0 Å². The van der Waals surface area contributed by atoms with Gasteiger partial charge in [-0.1, -0.05) is 11.6 Å². The van der Waals surface area contributed by atoms with Gasteiger partial charge in [-0.25, -0.2) is 4.79 Å². The highest BCUT2D eigenvalue weighted by molar-refractivity contribution is 6.31. The largest absolute Gasteiger partial charge is 0.480 e. The molecule has 1 aromatic carbocycles. The number of hydrogen-bond donors (Lipinski definition) is 1. The van der Waals surface area contributed by atoms with E-state index in [2.05, 4.69) is 0 Å². The molecule has 102 valence electrons. The van der Waals surface area contributed by atoms with Crippen LogP contribution in [0.15, 0.2) is 18.2 Å². The van der Waals surface area contributed by atoms with E-state index in [0.717, 1.165) is 18.4 Å². The number of nitrogens with zero attached hydrogens (tertiary/aromatic N) is 1. The molecule has 0 radical (unpaired) electrons. The number of carbonyl (C=O) groups excluding carboxylic acids is 1. The number of carboxylic acid groups (broad SMARTS) is 1. The second kappa shape index (κ2) is 5.61. The summed E-state index contributed by atoms with van der Waals surface area (Å²) >= 11 is 5.94. The summed E-state index contributed by atoms with van der Waals surface area (Å²) in [6.45, 7) is 2.34. The third-order valence-corrected chi connectivity index (χ3v) is 3.56. The first-order chi connectivity index (χ1) is 8.99. The summed E-state index contributed by atoms with van der Waals surface area (Å²) in [6.07, 6.45) is 2.20. The van der Waals surface area contributed by atoms with Gasteiger partial charge < -0.3 is 10.0 Å². The fourth-order valence-electron chi connectivity index (χ4n) is 2.46. The lowest BCUT2D eigenvalue weighted by molar-refractivity contribution is -0.143. The maximum Gasteiger partial charge on any atom is 0.326 e. The van der Waals surface area contributed by atoms with E-state index in [0.29, 0.717) is 23.6 Å². The number of amides is 1. The Bertz CT molecular complexity index is 495. The number of halogens is 1. The zero-order valence-electron chi connectivity index (χ0n) is 10.7. The normalized spacial score (nSPS) is 19.3. The molecule has 1 saturated heterocycles. The van der Waals surface area contributed by atoms with Crippen LogP contribution in [0.25, 0.3) is 0 Å². The second-order valence-electron chi connectivity index (χ2n) is 4.87. The zero-order valence-corrected chi connectivity index (χ0v) is 11.5. The van der Waals surface area contributed by atoms with E-state index >= 15 is 0 Å². The summed E-state index contributed by atoms with van der Waals surface area (Å²) < 4.78 is 0. The number of piperidine rings is 1. The van der Waals surface area contributed by atoms with Gasteiger partial charge in [-0.05, 0) is 49.9 Å². The van der Waals surface area contributed by atoms with Gasteiger partial charge in [-0.2, -0.15) is 0 Å². The van der Waals surface area contributed by atoms with E-state index < -0.39 is 12.0 Å². The summed E-state index contributed by atoms with van der Waals surface area (Å²) in [5.74, 6) is -1.19. The van der Waals surface area contributed by atoms with Crippen molar-refractivity contribution in [3.8, 4) is 0 Å². The Morgan fingerprint density at radius 2 is 2.05 bits per heavy atom. The molecule has 1 unspecified atom stereocenters. The van der Waals surface area contributed by atoms with Gasteiger partial charge in [0.2, 0.25) is 0 Å². The fraction of sp³-hybridized carbons (Fsp3) is 0.429. The molecule has 1 fully saturated rings. The molecule has 1 N–H and O–H groups in total. The Morgan fingerprint density at radius 3 is 2.68 bits per heavy atom. The Kier molecular flexibility index (Phi) is 4.10. The lowest BCUT2D eigenvalue weighted by Gasteiger charge is -2.33. The van der Waals surface area contributed by atoms with Crippen LogP contribution in [0.5, 0.6) is 0 Å². The topological polar surface area (TPSA) is 57.6 Å². The van der Waals surface area contributed by atoms with Gasteiger partial charge in [0.1, 0.15) is 6.04 Å². The molecule has 19 heavy (non-hydrogen) atoms. The van der Waals surface area contributed by atoms with Crippen LogP contribution in [0.3, 0.4) is 0 Å². The third-order valence-electron chi connectivity index (χ3n) is 3.34. The Balaban J connectivity index is 2.28. The summed E-state index contributed by atoms with van der Waals surface area (Å²) in [4.78, 5) is 25.1. The van der Waals surface area contributed by atoms with Gasteiger partial charge in [0.15, 0.2) is 0 Å². The number of likely N-dealkylation sites (tertiary alicyclic amines) is 1. The van der Waals surface area contributed by atoms with Gasteiger partial charge in [-0.3, -0.25) is 4.79 Å². The van der Waals surface area contributed by atoms with Crippen molar-refractivity contribution in [2.24, 2.45) is 0 Å². The van der Waals surface area contributed by atoms with Gasteiger partial charge >= 0.3 is 5.97 Å². The number of carboxylic acids is 1. The first-order valence-electron chi connectivity index (χ1n) is 6.30. The second-order valence-corrected chi connectivity index (χ2v) is 5.30. The number of hydrogen-bond acceptors (Lipinski definition) is 2. The summed E-state index contributed by atoms with van der Waals surface area (Å²) in [5, 5.41) is 9.69. The molecule has 1 aliphatic heterocycles. The SMILES string of the molecule is Cc1cc(Cl)cc(C(=O)N2CCCCC2C(=O)O)c1. The Morgan fingerprint density at radius 1 is 1.32 bits per heavy atom. The molecule has 0 aromatic heterocycles. The first kappa shape index (κ1) is 13.9. The highest BCUT2D eigenvalue weighted by Crippen LogP contribution is 2.22. The molecule has 1 aromatic rings. The predicted octanol–water partition coefficient (Wildman–Crippen LogP) is 2.73. The number of rotatable bonds is 2. The summed E-state index contributed by atoms with van der Waals surface area (Å²) in [5.41, 5.74) is 1.35. The average molecular weight is 282 g/mol. The molecule has 0 saturated carbocycles. The molecule has 0 bridgehead atoms. The van der Waals surface area contributed by atoms with Crippen molar-refractivity contribution in [3.05, 3.63) is 34.3 Å². The molecule has 1 atom stereocenters. The van der Waals surface area contributed by atoms with E-state index in [9.17, 15) is 14.7 Å². The van der Waals surface area contributed by atoms with E-state index in [4.69, 9.17) is 11.6 Å². The number of benzene rings is 1. The minimum atomic E-state index is -0.938.